The number of nitrogens with zero attached hydrogens (tertiary/aromatic N) is 3. The van der Waals surface area contributed by atoms with Crippen molar-refractivity contribution in [2.45, 2.75) is 59.2 Å². The molecule has 2 unspecified atom stereocenters. The Hall–Kier alpha value is -3.36. The van der Waals surface area contributed by atoms with E-state index in [4.69, 9.17) is 0 Å². The molecule has 1 fully saturated rings. The third-order valence-corrected chi connectivity index (χ3v) is 8.05. The number of amides is 2. The molecule has 208 valence electrons. The summed E-state index contributed by atoms with van der Waals surface area (Å²) in [5.41, 5.74) is 6.41. The van der Waals surface area contributed by atoms with E-state index in [1.807, 2.05) is 40.3 Å². The normalized spacial score (nSPS) is 18.1. The van der Waals surface area contributed by atoms with E-state index in [2.05, 4.69) is 47.7 Å². The summed E-state index contributed by atoms with van der Waals surface area (Å²) in [5, 5.41) is 3.14. The molecule has 8 heteroatoms. The molecule has 2 aliphatic heterocycles. The van der Waals surface area contributed by atoms with Gasteiger partial charge in [-0.05, 0) is 48.9 Å². The molecule has 0 aliphatic carbocycles. The highest BCUT2D eigenvalue weighted by Gasteiger charge is 2.46. The van der Waals surface area contributed by atoms with E-state index in [-0.39, 0.29) is 17.9 Å². The highest BCUT2D eigenvalue weighted by molar-refractivity contribution is 7.13. The molecule has 0 spiro atoms. The summed E-state index contributed by atoms with van der Waals surface area (Å²) < 4.78 is 0. The van der Waals surface area contributed by atoms with Crippen molar-refractivity contribution in [3.8, 4) is 10.4 Å². The van der Waals surface area contributed by atoms with Crippen molar-refractivity contribution in [3.63, 3.8) is 0 Å². The van der Waals surface area contributed by atoms with Gasteiger partial charge in [-0.2, -0.15) is 0 Å². The Morgan fingerprint density at radius 2 is 1.92 bits per heavy atom. The summed E-state index contributed by atoms with van der Waals surface area (Å²) in [6.45, 7) is 17.1. The Kier molecular flexibility index (Phi) is 10.2. The smallest absolute Gasteiger partial charge is 0.255 e. The molecule has 2 aliphatic rings. The fourth-order valence-electron chi connectivity index (χ4n) is 5.13. The first kappa shape index (κ1) is 30.2. The molecule has 1 saturated heterocycles. The van der Waals surface area contributed by atoms with E-state index in [1.165, 1.54) is 22.1 Å². The summed E-state index contributed by atoms with van der Waals surface area (Å²) in [6, 6.07) is 7.62. The molecule has 4 rings (SSSR count). The minimum Gasteiger partial charge on any atom is -0.331 e. The highest BCUT2D eigenvalue weighted by Crippen LogP contribution is 2.34. The van der Waals surface area contributed by atoms with Gasteiger partial charge in [-0.3, -0.25) is 9.59 Å². The number of rotatable bonds is 8. The third kappa shape index (κ3) is 6.81. The van der Waals surface area contributed by atoms with Crippen LogP contribution < -0.4 is 5.32 Å². The zero-order valence-corrected chi connectivity index (χ0v) is 24.5. The largest absolute Gasteiger partial charge is 0.331 e. The molecular formula is C31H40N4O3S. The van der Waals surface area contributed by atoms with E-state index in [0.717, 1.165) is 30.5 Å². The maximum absolute atomic E-state index is 13.2. The zero-order chi connectivity index (χ0) is 28.7. The lowest BCUT2D eigenvalue weighted by Gasteiger charge is -2.40. The summed E-state index contributed by atoms with van der Waals surface area (Å²) in [5.74, 6) is -0.353. The van der Waals surface area contributed by atoms with Crippen LogP contribution in [-0.2, 0) is 20.9 Å². The standard InChI is InChI=1S/C19H26N2O3.C12H14N2S/c1-6-13-11-21(17(23)15(13)7-2)16(19(3,4)5)18(24)20-10-8-9-14(20)12-22;1-9-12(15-8-14-9)11-5-3-10(4-6-11)7-13-2/h6-7,12,14,16H,1-2,8-11H2,3-5H3;3-6,8,13H,7H2,1-2H3. The quantitative estimate of drug-likeness (QED) is 0.473. The molecule has 1 aromatic heterocycles. The van der Waals surface area contributed by atoms with Gasteiger partial charge in [0, 0.05) is 25.2 Å². The number of carbonyl (C=O) groups is 3. The molecular weight excluding hydrogens is 508 g/mol. The average Bonchev–Trinajstić information content (AvgIpc) is 3.63. The minimum absolute atomic E-state index is 0.154. The topological polar surface area (TPSA) is 82.6 Å². The number of likely N-dealkylation sites (tertiary alicyclic amines) is 1. The predicted octanol–water partition coefficient (Wildman–Crippen LogP) is 4.94. The van der Waals surface area contributed by atoms with Gasteiger partial charge in [-0.1, -0.05) is 70.3 Å². The monoisotopic (exact) mass is 548 g/mol. The lowest BCUT2D eigenvalue weighted by atomic mass is 9.84. The van der Waals surface area contributed by atoms with Crippen LogP contribution in [0.15, 0.2) is 66.2 Å². The number of aromatic nitrogens is 1. The lowest BCUT2D eigenvalue weighted by molar-refractivity contribution is -0.148. The maximum atomic E-state index is 13.2. The number of hydrogen-bond donors (Lipinski definition) is 1. The van der Waals surface area contributed by atoms with Gasteiger partial charge >= 0.3 is 0 Å². The van der Waals surface area contributed by atoms with Crippen molar-refractivity contribution >= 4 is 29.4 Å². The average molecular weight is 549 g/mol. The van der Waals surface area contributed by atoms with E-state index >= 15 is 0 Å². The van der Waals surface area contributed by atoms with E-state index < -0.39 is 11.5 Å². The fourth-order valence-corrected chi connectivity index (χ4v) is 5.94. The lowest BCUT2D eigenvalue weighted by Crippen LogP contribution is -2.56. The molecule has 0 bridgehead atoms. The molecule has 3 heterocycles. The fraction of sp³-hybridized carbons (Fsp3) is 0.419. The number of carbonyl (C=O) groups excluding carboxylic acids is 3. The summed E-state index contributed by atoms with van der Waals surface area (Å²) >= 11 is 1.70. The van der Waals surface area contributed by atoms with Crippen LogP contribution in [0.1, 0.15) is 44.9 Å². The third-order valence-electron chi connectivity index (χ3n) is 7.08. The van der Waals surface area contributed by atoms with Crippen molar-refractivity contribution in [1.29, 1.82) is 0 Å². The van der Waals surface area contributed by atoms with Crippen molar-refractivity contribution in [1.82, 2.24) is 20.1 Å². The number of thiazole rings is 1. The summed E-state index contributed by atoms with van der Waals surface area (Å²) in [4.78, 5) is 46.0. The summed E-state index contributed by atoms with van der Waals surface area (Å²) in [6.07, 6.45) is 5.50. The molecule has 1 aromatic carbocycles. The SMILES string of the molecule is C=CC1=C(C=C)C(=O)N(C(C(=O)N2CCCC2C=O)C(C)(C)C)C1.CNCc1ccc(-c2scnc2C)cc1. The van der Waals surface area contributed by atoms with Crippen LogP contribution in [0.3, 0.4) is 0 Å². The Labute approximate surface area is 236 Å². The molecule has 7 nitrogen and oxygen atoms in total. The van der Waals surface area contributed by atoms with Gasteiger partial charge in [0.05, 0.1) is 22.1 Å². The molecule has 39 heavy (non-hydrogen) atoms. The van der Waals surface area contributed by atoms with Crippen LogP contribution >= 0.6 is 11.3 Å². The van der Waals surface area contributed by atoms with Crippen LogP contribution in [0.4, 0.5) is 0 Å². The van der Waals surface area contributed by atoms with Gasteiger partial charge in [0.25, 0.3) is 5.91 Å². The minimum atomic E-state index is -0.627. The predicted molar refractivity (Wildman–Crippen MR) is 158 cm³/mol. The van der Waals surface area contributed by atoms with Crippen molar-refractivity contribution in [3.05, 3.63) is 77.5 Å². The molecule has 2 amide bonds. The van der Waals surface area contributed by atoms with Gasteiger partial charge < -0.3 is 19.9 Å². The first-order valence-electron chi connectivity index (χ1n) is 13.3. The number of benzene rings is 1. The highest BCUT2D eigenvalue weighted by atomic mass is 32.1. The maximum Gasteiger partial charge on any atom is 0.255 e. The zero-order valence-electron chi connectivity index (χ0n) is 23.7. The van der Waals surface area contributed by atoms with Gasteiger partial charge in [0.2, 0.25) is 5.91 Å². The molecule has 0 radical (unpaired) electrons. The second-order valence-corrected chi connectivity index (χ2v) is 11.8. The number of nitrogens with one attached hydrogen (secondary N) is 1. The van der Waals surface area contributed by atoms with Crippen molar-refractivity contribution < 1.29 is 14.4 Å². The number of aldehydes is 1. The van der Waals surface area contributed by atoms with E-state index in [9.17, 15) is 14.4 Å². The summed E-state index contributed by atoms with van der Waals surface area (Å²) in [7, 11) is 1.96. The second kappa shape index (κ2) is 13.1. The Balaban J connectivity index is 0.000000239. The van der Waals surface area contributed by atoms with Crippen LogP contribution in [0, 0.1) is 12.3 Å². The van der Waals surface area contributed by atoms with Gasteiger partial charge in [-0.25, -0.2) is 4.98 Å². The number of aryl methyl sites for hydroxylation is 1. The molecule has 2 atom stereocenters. The van der Waals surface area contributed by atoms with Crippen LogP contribution in [0.25, 0.3) is 10.4 Å². The Morgan fingerprint density at radius 1 is 1.23 bits per heavy atom. The van der Waals surface area contributed by atoms with Gasteiger partial charge in [0.1, 0.15) is 12.3 Å². The molecule has 1 N–H and O–H groups in total. The number of hydrogen-bond acceptors (Lipinski definition) is 6. The molecule has 0 saturated carbocycles. The van der Waals surface area contributed by atoms with Crippen LogP contribution in [0.2, 0.25) is 0 Å². The van der Waals surface area contributed by atoms with Gasteiger partial charge in [-0.15, -0.1) is 11.3 Å². The Morgan fingerprint density at radius 3 is 2.41 bits per heavy atom. The van der Waals surface area contributed by atoms with Crippen molar-refractivity contribution in [2.24, 2.45) is 5.41 Å². The van der Waals surface area contributed by atoms with E-state index in [0.29, 0.717) is 25.1 Å². The van der Waals surface area contributed by atoms with E-state index in [1.54, 1.807) is 27.2 Å². The van der Waals surface area contributed by atoms with Crippen LogP contribution in [0.5, 0.6) is 0 Å². The second-order valence-electron chi connectivity index (χ2n) is 10.9. The first-order chi connectivity index (χ1) is 18.6. The van der Waals surface area contributed by atoms with Crippen LogP contribution in [-0.4, -0.2) is 65.1 Å². The molecule has 2 aromatic rings. The first-order valence-corrected chi connectivity index (χ1v) is 14.1. The van der Waals surface area contributed by atoms with Gasteiger partial charge in [0.15, 0.2) is 0 Å². The Bertz CT molecular complexity index is 1240. The van der Waals surface area contributed by atoms with Crippen molar-refractivity contribution in [2.75, 3.05) is 20.1 Å².